The first kappa shape index (κ1) is 15.2. The van der Waals surface area contributed by atoms with Crippen LogP contribution in [0.3, 0.4) is 0 Å². The number of para-hydroxylation sites is 1. The fourth-order valence-corrected chi connectivity index (χ4v) is 2.80. The van der Waals surface area contributed by atoms with Gasteiger partial charge in [-0.1, -0.05) is 13.0 Å². The monoisotopic (exact) mass is 292 g/mol. The number of benzene rings is 1. The van der Waals surface area contributed by atoms with Gasteiger partial charge in [-0.15, -0.1) is 0 Å². The summed E-state index contributed by atoms with van der Waals surface area (Å²) in [6.07, 6.45) is 2.15. The van der Waals surface area contributed by atoms with E-state index in [-0.39, 0.29) is 16.9 Å². The molecule has 1 amide bonds. The molecule has 1 aromatic rings. The zero-order valence-electron chi connectivity index (χ0n) is 12.0. The van der Waals surface area contributed by atoms with Crippen molar-refractivity contribution in [3.63, 3.8) is 0 Å². The Morgan fingerprint density at radius 1 is 1.57 bits per heavy atom. The molecule has 1 aliphatic heterocycles. The van der Waals surface area contributed by atoms with Crippen LogP contribution in [0.1, 0.15) is 30.1 Å². The first-order chi connectivity index (χ1) is 10.0. The molecule has 21 heavy (non-hydrogen) atoms. The number of nitro groups is 1. The fraction of sp³-hybridized carbons (Fsp3) is 0.500. The minimum Gasteiger partial charge on any atom is -0.393 e. The highest BCUT2D eigenvalue weighted by Crippen LogP contribution is 2.25. The lowest BCUT2D eigenvalue weighted by Gasteiger charge is -2.22. The van der Waals surface area contributed by atoms with E-state index in [0.29, 0.717) is 12.6 Å². The van der Waals surface area contributed by atoms with Gasteiger partial charge in [-0.05, 0) is 38.1 Å². The number of amides is 1. The molecular weight excluding hydrogens is 272 g/mol. The number of nitrogens with one attached hydrogen (secondary N) is 1. The number of anilines is 1. The first-order valence-electron chi connectivity index (χ1n) is 7.09. The quantitative estimate of drug-likeness (QED) is 0.485. The smallest absolute Gasteiger partial charge is 0.304 e. The van der Waals surface area contributed by atoms with E-state index < -0.39 is 10.8 Å². The van der Waals surface area contributed by atoms with Crippen LogP contribution in [0.4, 0.5) is 11.4 Å². The van der Waals surface area contributed by atoms with Crippen molar-refractivity contribution in [3.8, 4) is 0 Å². The predicted octanol–water partition coefficient (Wildman–Crippen LogP) is 1.39. The van der Waals surface area contributed by atoms with Gasteiger partial charge in [-0.3, -0.25) is 19.8 Å². The summed E-state index contributed by atoms with van der Waals surface area (Å²) >= 11 is 0. The van der Waals surface area contributed by atoms with E-state index in [1.165, 1.54) is 12.1 Å². The van der Waals surface area contributed by atoms with Gasteiger partial charge in [0.25, 0.3) is 5.91 Å². The van der Waals surface area contributed by atoms with Crippen LogP contribution in [0.25, 0.3) is 0 Å². The average Bonchev–Trinajstić information content (AvgIpc) is 2.91. The maximum absolute atomic E-state index is 12.2. The molecule has 7 nitrogen and oxygen atoms in total. The highest BCUT2D eigenvalue weighted by Gasteiger charge is 2.26. The van der Waals surface area contributed by atoms with E-state index in [2.05, 4.69) is 17.1 Å². The molecule has 3 N–H and O–H groups in total. The Morgan fingerprint density at radius 2 is 2.33 bits per heavy atom. The van der Waals surface area contributed by atoms with Crippen LogP contribution in [0.2, 0.25) is 0 Å². The predicted molar refractivity (Wildman–Crippen MR) is 80.1 cm³/mol. The molecule has 0 aliphatic carbocycles. The lowest BCUT2D eigenvalue weighted by atomic mass is 10.1. The molecule has 0 aromatic heterocycles. The molecule has 0 radical (unpaired) electrons. The van der Waals surface area contributed by atoms with Crippen LogP contribution in [0.15, 0.2) is 18.2 Å². The summed E-state index contributed by atoms with van der Waals surface area (Å²) < 4.78 is 0. The number of nitro benzene ring substituents is 1. The Balaban J connectivity index is 2.07. The molecule has 1 saturated heterocycles. The zero-order valence-corrected chi connectivity index (χ0v) is 12.0. The summed E-state index contributed by atoms with van der Waals surface area (Å²) in [5.41, 5.74) is 5.29. The van der Waals surface area contributed by atoms with E-state index in [4.69, 9.17) is 5.73 Å². The zero-order chi connectivity index (χ0) is 15.4. The number of rotatable bonds is 5. The molecule has 114 valence electrons. The largest absolute Gasteiger partial charge is 0.393 e. The number of carbonyl (C=O) groups excluding carboxylic acids is 1. The molecule has 0 bridgehead atoms. The van der Waals surface area contributed by atoms with Gasteiger partial charge in [0.2, 0.25) is 0 Å². The van der Waals surface area contributed by atoms with Gasteiger partial charge in [0.05, 0.1) is 4.92 Å². The molecule has 7 heteroatoms. The molecule has 1 fully saturated rings. The average molecular weight is 292 g/mol. The lowest BCUT2D eigenvalue weighted by molar-refractivity contribution is -0.384. The van der Waals surface area contributed by atoms with Gasteiger partial charge < -0.3 is 11.1 Å². The normalized spacial score (nSPS) is 18.6. The molecule has 1 atom stereocenters. The molecule has 1 heterocycles. The van der Waals surface area contributed by atoms with Crippen molar-refractivity contribution < 1.29 is 9.72 Å². The Hall–Kier alpha value is -2.15. The van der Waals surface area contributed by atoms with Crippen molar-refractivity contribution in [2.45, 2.75) is 25.8 Å². The second-order valence-electron chi connectivity index (χ2n) is 5.14. The summed E-state index contributed by atoms with van der Waals surface area (Å²) in [6.45, 7) is 4.57. The molecule has 0 saturated carbocycles. The van der Waals surface area contributed by atoms with E-state index in [1.54, 1.807) is 6.07 Å². The van der Waals surface area contributed by atoms with Gasteiger partial charge in [-0.2, -0.15) is 0 Å². The van der Waals surface area contributed by atoms with Gasteiger partial charge in [0.1, 0.15) is 11.3 Å². The van der Waals surface area contributed by atoms with Gasteiger partial charge in [0, 0.05) is 12.6 Å². The Morgan fingerprint density at radius 3 is 3.00 bits per heavy atom. The maximum atomic E-state index is 12.2. The minimum absolute atomic E-state index is 0.00343. The summed E-state index contributed by atoms with van der Waals surface area (Å²) in [5, 5.41) is 13.8. The van der Waals surface area contributed by atoms with Gasteiger partial charge in [0.15, 0.2) is 0 Å². The minimum atomic E-state index is -0.613. The van der Waals surface area contributed by atoms with Crippen LogP contribution in [0.5, 0.6) is 0 Å². The third-order valence-corrected chi connectivity index (χ3v) is 3.90. The van der Waals surface area contributed by atoms with Crippen LogP contribution in [-0.4, -0.2) is 41.4 Å². The first-order valence-corrected chi connectivity index (χ1v) is 7.09. The Bertz CT molecular complexity index is 547. The highest BCUT2D eigenvalue weighted by atomic mass is 16.6. The van der Waals surface area contributed by atoms with E-state index >= 15 is 0 Å². The van der Waals surface area contributed by atoms with Crippen LogP contribution in [-0.2, 0) is 0 Å². The molecule has 2 rings (SSSR count). The summed E-state index contributed by atoms with van der Waals surface area (Å²) in [5.74, 6) is -0.447. The van der Waals surface area contributed by atoms with Gasteiger partial charge in [-0.25, -0.2) is 0 Å². The van der Waals surface area contributed by atoms with Crippen molar-refractivity contribution >= 4 is 17.3 Å². The van der Waals surface area contributed by atoms with E-state index in [1.807, 2.05) is 0 Å². The number of likely N-dealkylation sites (tertiary alicyclic amines) is 1. The lowest BCUT2D eigenvalue weighted by Crippen LogP contribution is -2.40. The number of nitrogen functional groups attached to an aromatic ring is 1. The molecule has 1 aromatic carbocycles. The number of likely N-dealkylation sites (N-methyl/N-ethyl adjacent to an activating group) is 1. The van der Waals surface area contributed by atoms with Crippen molar-refractivity contribution in [2.24, 2.45) is 0 Å². The van der Waals surface area contributed by atoms with Crippen LogP contribution >= 0.6 is 0 Å². The Kier molecular flexibility index (Phi) is 4.74. The van der Waals surface area contributed by atoms with Crippen molar-refractivity contribution in [1.82, 2.24) is 10.2 Å². The summed E-state index contributed by atoms with van der Waals surface area (Å²) in [4.78, 5) is 24.9. The molecular formula is C14H20N4O3. The summed E-state index contributed by atoms with van der Waals surface area (Å²) in [6, 6.07) is 4.70. The highest BCUT2D eigenvalue weighted by molar-refractivity contribution is 6.00. The molecule has 1 unspecified atom stereocenters. The van der Waals surface area contributed by atoms with E-state index in [0.717, 1.165) is 25.9 Å². The third-order valence-electron chi connectivity index (χ3n) is 3.90. The third kappa shape index (κ3) is 3.30. The fourth-order valence-electron chi connectivity index (χ4n) is 2.80. The molecule has 1 aliphatic rings. The van der Waals surface area contributed by atoms with Crippen LogP contribution < -0.4 is 11.1 Å². The second kappa shape index (κ2) is 6.53. The van der Waals surface area contributed by atoms with Crippen molar-refractivity contribution in [3.05, 3.63) is 33.9 Å². The number of hydrogen-bond donors (Lipinski definition) is 2. The molecule has 0 spiro atoms. The van der Waals surface area contributed by atoms with Crippen molar-refractivity contribution in [1.29, 1.82) is 0 Å². The maximum Gasteiger partial charge on any atom is 0.304 e. The Labute approximate surface area is 123 Å². The number of carbonyl (C=O) groups is 1. The second-order valence-corrected chi connectivity index (χ2v) is 5.14. The summed E-state index contributed by atoms with van der Waals surface area (Å²) in [7, 11) is 0. The SMILES string of the molecule is CCN1CCCC1CNC(=O)c1cccc(N)c1[N+](=O)[O-]. The number of nitrogens with two attached hydrogens (primary N) is 1. The van der Waals surface area contributed by atoms with Crippen LogP contribution in [0, 0.1) is 10.1 Å². The number of nitrogens with zero attached hydrogens (tertiary/aromatic N) is 2. The van der Waals surface area contributed by atoms with E-state index in [9.17, 15) is 14.9 Å². The van der Waals surface area contributed by atoms with Crippen molar-refractivity contribution in [2.75, 3.05) is 25.4 Å². The standard InChI is InChI=1S/C14H20N4O3/c1-2-17-8-4-5-10(17)9-16-14(19)11-6-3-7-12(15)13(11)18(20)21/h3,6-7,10H,2,4-5,8-9,15H2,1H3,(H,16,19). The number of hydrogen-bond acceptors (Lipinski definition) is 5. The topological polar surface area (TPSA) is 102 Å². The van der Waals surface area contributed by atoms with Gasteiger partial charge >= 0.3 is 5.69 Å².